The molecule has 0 aliphatic heterocycles. The zero-order chi connectivity index (χ0) is 16.6. The quantitative estimate of drug-likeness (QED) is 0.774. The van der Waals surface area contributed by atoms with Crippen molar-refractivity contribution < 1.29 is 19.4 Å². The smallest absolute Gasteiger partial charge is 0.341 e. The van der Waals surface area contributed by atoms with Crippen LogP contribution in [0.4, 0.5) is 0 Å². The maximum Gasteiger partial charge on any atom is 0.341 e. The summed E-state index contributed by atoms with van der Waals surface area (Å²) in [6, 6.07) is 7.22. The number of hydrogen-bond donors (Lipinski definition) is 2. The van der Waals surface area contributed by atoms with Gasteiger partial charge in [0.2, 0.25) is 5.91 Å². The Morgan fingerprint density at radius 1 is 1.18 bits per heavy atom. The predicted molar refractivity (Wildman–Crippen MR) is 85.0 cm³/mol. The van der Waals surface area contributed by atoms with Crippen LogP contribution in [0.2, 0.25) is 0 Å². The third-order valence-corrected chi connectivity index (χ3v) is 3.12. The monoisotopic (exact) mass is 307 g/mol. The second-order valence-electron chi connectivity index (χ2n) is 6.49. The molecule has 0 saturated heterocycles. The van der Waals surface area contributed by atoms with E-state index in [1.807, 2.05) is 12.1 Å². The minimum Gasteiger partial charge on any atom is -0.482 e. The number of carbonyl (C=O) groups excluding carboxylic acids is 1. The van der Waals surface area contributed by atoms with Crippen molar-refractivity contribution in [1.82, 2.24) is 5.32 Å². The van der Waals surface area contributed by atoms with Crippen LogP contribution < -0.4 is 10.1 Å². The number of rotatable bonds is 8. The zero-order valence-electron chi connectivity index (χ0n) is 13.5. The van der Waals surface area contributed by atoms with Crippen LogP contribution in [-0.4, -0.2) is 30.1 Å². The molecule has 0 heterocycles. The lowest BCUT2D eigenvalue weighted by Gasteiger charge is -2.17. The third-order valence-electron chi connectivity index (χ3n) is 3.12. The normalized spacial score (nSPS) is 11.0. The number of carboxylic acids is 1. The Morgan fingerprint density at radius 2 is 1.82 bits per heavy atom. The SMILES string of the molecule is CC(C)(C)CCC(=O)NCCc1ccc(OCC(=O)O)cc1. The van der Waals surface area contributed by atoms with E-state index in [0.717, 1.165) is 18.4 Å². The van der Waals surface area contributed by atoms with E-state index in [1.54, 1.807) is 12.1 Å². The minimum absolute atomic E-state index is 0.0799. The molecule has 1 rings (SSSR count). The molecule has 5 heteroatoms. The molecule has 0 saturated carbocycles. The summed E-state index contributed by atoms with van der Waals surface area (Å²) in [6.45, 7) is 6.61. The molecule has 1 aromatic carbocycles. The first-order valence-corrected chi connectivity index (χ1v) is 7.46. The Morgan fingerprint density at radius 3 is 2.36 bits per heavy atom. The standard InChI is InChI=1S/C17H25NO4/c1-17(2,3)10-8-15(19)18-11-9-13-4-6-14(7-5-13)22-12-16(20)21/h4-7H,8-12H2,1-3H3,(H,18,19)(H,20,21). The number of carboxylic acid groups (broad SMARTS) is 1. The van der Waals surface area contributed by atoms with E-state index in [1.165, 1.54) is 0 Å². The van der Waals surface area contributed by atoms with Crippen LogP contribution >= 0.6 is 0 Å². The Balaban J connectivity index is 2.27. The summed E-state index contributed by atoms with van der Waals surface area (Å²) in [5.41, 5.74) is 1.24. The summed E-state index contributed by atoms with van der Waals surface area (Å²) in [5.74, 6) is -0.390. The first-order valence-electron chi connectivity index (χ1n) is 7.46. The molecule has 0 bridgehead atoms. The Hall–Kier alpha value is -2.04. The van der Waals surface area contributed by atoms with Gasteiger partial charge in [-0.15, -0.1) is 0 Å². The van der Waals surface area contributed by atoms with Crippen LogP contribution in [0, 0.1) is 5.41 Å². The van der Waals surface area contributed by atoms with Gasteiger partial charge in [-0.3, -0.25) is 4.79 Å². The Labute approximate surface area is 131 Å². The lowest BCUT2D eigenvalue weighted by Crippen LogP contribution is -2.26. The van der Waals surface area contributed by atoms with Crippen molar-refractivity contribution >= 4 is 11.9 Å². The van der Waals surface area contributed by atoms with Gasteiger partial charge in [0.15, 0.2) is 6.61 Å². The zero-order valence-corrected chi connectivity index (χ0v) is 13.5. The molecule has 0 aliphatic rings. The third kappa shape index (κ3) is 8.29. The van der Waals surface area contributed by atoms with Crippen LogP contribution in [0.3, 0.4) is 0 Å². The summed E-state index contributed by atoms with van der Waals surface area (Å²) < 4.78 is 5.06. The van der Waals surface area contributed by atoms with Crippen LogP contribution in [0.5, 0.6) is 5.75 Å². The topological polar surface area (TPSA) is 75.6 Å². The van der Waals surface area contributed by atoms with Gasteiger partial charge in [-0.1, -0.05) is 32.9 Å². The van der Waals surface area contributed by atoms with Gasteiger partial charge in [0.25, 0.3) is 0 Å². The molecule has 0 atom stereocenters. The maximum absolute atomic E-state index is 11.7. The van der Waals surface area contributed by atoms with E-state index in [2.05, 4.69) is 26.1 Å². The number of nitrogens with one attached hydrogen (secondary N) is 1. The van der Waals surface area contributed by atoms with E-state index in [-0.39, 0.29) is 17.9 Å². The van der Waals surface area contributed by atoms with Crippen molar-refractivity contribution in [3.05, 3.63) is 29.8 Å². The molecular weight excluding hydrogens is 282 g/mol. The fraction of sp³-hybridized carbons (Fsp3) is 0.529. The molecule has 0 fully saturated rings. The predicted octanol–water partition coefficient (Wildman–Crippen LogP) is 2.64. The first kappa shape index (κ1) is 18.0. The van der Waals surface area contributed by atoms with E-state index >= 15 is 0 Å². The highest BCUT2D eigenvalue weighted by Gasteiger charge is 2.12. The number of benzene rings is 1. The van der Waals surface area contributed by atoms with E-state index in [0.29, 0.717) is 18.7 Å². The summed E-state index contributed by atoms with van der Waals surface area (Å²) in [4.78, 5) is 22.1. The van der Waals surface area contributed by atoms with Crippen LogP contribution in [0.1, 0.15) is 39.2 Å². The summed E-state index contributed by atoms with van der Waals surface area (Å²) in [7, 11) is 0. The second-order valence-corrected chi connectivity index (χ2v) is 6.49. The summed E-state index contributed by atoms with van der Waals surface area (Å²) in [5, 5.41) is 11.4. The van der Waals surface area contributed by atoms with Gasteiger partial charge < -0.3 is 15.2 Å². The van der Waals surface area contributed by atoms with Crippen LogP contribution in [0.25, 0.3) is 0 Å². The number of aliphatic carboxylic acids is 1. The minimum atomic E-state index is -0.998. The van der Waals surface area contributed by atoms with Gasteiger partial charge >= 0.3 is 5.97 Å². The van der Waals surface area contributed by atoms with Gasteiger partial charge in [-0.2, -0.15) is 0 Å². The van der Waals surface area contributed by atoms with Gasteiger partial charge in [-0.05, 0) is 36.0 Å². The van der Waals surface area contributed by atoms with E-state index < -0.39 is 5.97 Å². The highest BCUT2D eigenvalue weighted by atomic mass is 16.5. The Bertz CT molecular complexity index is 488. The molecule has 0 spiro atoms. The van der Waals surface area contributed by atoms with Crippen molar-refractivity contribution in [2.75, 3.05) is 13.2 Å². The van der Waals surface area contributed by atoms with Crippen LogP contribution in [-0.2, 0) is 16.0 Å². The number of hydrogen-bond acceptors (Lipinski definition) is 3. The van der Waals surface area contributed by atoms with Gasteiger partial charge in [-0.25, -0.2) is 4.79 Å². The summed E-state index contributed by atoms with van der Waals surface area (Å²) in [6.07, 6.45) is 2.15. The van der Waals surface area contributed by atoms with E-state index in [4.69, 9.17) is 9.84 Å². The molecule has 122 valence electrons. The highest BCUT2D eigenvalue weighted by molar-refractivity contribution is 5.75. The van der Waals surface area contributed by atoms with Gasteiger partial charge in [0.1, 0.15) is 5.75 Å². The van der Waals surface area contributed by atoms with Crippen LogP contribution in [0.15, 0.2) is 24.3 Å². The van der Waals surface area contributed by atoms with Crippen molar-refractivity contribution in [3.8, 4) is 5.75 Å². The van der Waals surface area contributed by atoms with Crippen molar-refractivity contribution in [1.29, 1.82) is 0 Å². The molecule has 22 heavy (non-hydrogen) atoms. The molecule has 5 nitrogen and oxygen atoms in total. The Kier molecular flexibility index (Phi) is 6.89. The summed E-state index contributed by atoms with van der Waals surface area (Å²) >= 11 is 0. The molecule has 0 aromatic heterocycles. The fourth-order valence-corrected chi connectivity index (χ4v) is 1.82. The maximum atomic E-state index is 11.7. The largest absolute Gasteiger partial charge is 0.482 e. The molecule has 0 radical (unpaired) electrons. The number of ether oxygens (including phenoxy) is 1. The molecule has 1 aromatic rings. The molecule has 1 amide bonds. The number of carbonyl (C=O) groups is 2. The van der Waals surface area contributed by atoms with Gasteiger partial charge in [0.05, 0.1) is 0 Å². The lowest BCUT2D eigenvalue weighted by molar-refractivity contribution is -0.139. The molecule has 0 aliphatic carbocycles. The molecule has 2 N–H and O–H groups in total. The van der Waals surface area contributed by atoms with Crippen molar-refractivity contribution in [3.63, 3.8) is 0 Å². The average Bonchev–Trinajstić information content (AvgIpc) is 2.43. The molecular formula is C17H25NO4. The number of amides is 1. The average molecular weight is 307 g/mol. The van der Waals surface area contributed by atoms with Gasteiger partial charge in [0, 0.05) is 13.0 Å². The van der Waals surface area contributed by atoms with E-state index in [9.17, 15) is 9.59 Å². The molecule has 0 unspecified atom stereocenters. The first-order chi connectivity index (χ1) is 10.3. The van der Waals surface area contributed by atoms with Crippen molar-refractivity contribution in [2.24, 2.45) is 5.41 Å². The second kappa shape index (κ2) is 8.41. The van der Waals surface area contributed by atoms with Crippen molar-refractivity contribution in [2.45, 2.75) is 40.0 Å². The highest BCUT2D eigenvalue weighted by Crippen LogP contribution is 2.20. The fourth-order valence-electron chi connectivity index (χ4n) is 1.82. The lowest BCUT2D eigenvalue weighted by atomic mass is 9.90.